The summed E-state index contributed by atoms with van der Waals surface area (Å²) < 4.78 is 20.5. The van der Waals surface area contributed by atoms with E-state index in [0.29, 0.717) is 40.8 Å². The number of piperazine rings is 1. The number of halogens is 2. The van der Waals surface area contributed by atoms with Crippen molar-refractivity contribution in [2.75, 3.05) is 45.2 Å². The molecule has 1 aromatic heterocycles. The lowest BCUT2D eigenvalue weighted by molar-refractivity contribution is 0.210. The topological polar surface area (TPSA) is 53.5 Å². The van der Waals surface area contributed by atoms with Crippen molar-refractivity contribution >= 4 is 28.3 Å². The molecule has 2 aromatic rings. The maximum atomic E-state index is 14.6. The number of nitrogens with zero attached hydrogens (tertiary/aromatic N) is 4. The van der Waals surface area contributed by atoms with Crippen LogP contribution in [0.5, 0.6) is 6.01 Å². The van der Waals surface area contributed by atoms with E-state index < -0.39 is 5.82 Å². The summed E-state index contributed by atoms with van der Waals surface area (Å²) in [4.78, 5) is 13.4. The zero-order valence-corrected chi connectivity index (χ0v) is 17.3. The molecule has 2 aliphatic rings. The molecule has 0 radical (unpaired) electrons. The maximum absolute atomic E-state index is 14.6. The fourth-order valence-corrected chi connectivity index (χ4v) is 4.49. The van der Waals surface area contributed by atoms with Crippen molar-refractivity contribution in [1.29, 1.82) is 0 Å². The minimum atomic E-state index is -0.449. The van der Waals surface area contributed by atoms with E-state index in [9.17, 15) is 4.39 Å². The smallest absolute Gasteiger partial charge is 0.319 e. The summed E-state index contributed by atoms with van der Waals surface area (Å²) in [6, 6.07) is 4.15. The first-order chi connectivity index (χ1) is 13.4. The Morgan fingerprint density at radius 2 is 2.00 bits per heavy atom. The minimum Gasteiger partial charge on any atom is -0.463 e. The lowest BCUT2D eigenvalue weighted by Gasteiger charge is -2.34. The van der Waals surface area contributed by atoms with E-state index in [0.717, 1.165) is 32.5 Å². The average molecular weight is 408 g/mol. The highest BCUT2D eigenvalue weighted by molar-refractivity contribution is 6.31. The molecule has 0 saturated carbocycles. The second kappa shape index (κ2) is 7.97. The Kier molecular flexibility index (Phi) is 5.58. The highest BCUT2D eigenvalue weighted by Crippen LogP contribution is 2.33. The van der Waals surface area contributed by atoms with Gasteiger partial charge in [0.05, 0.1) is 6.61 Å². The normalized spacial score (nSPS) is 22.9. The molecular formula is C20H27ClFN5O. The Labute approximate surface area is 170 Å². The van der Waals surface area contributed by atoms with Crippen molar-refractivity contribution in [2.45, 2.75) is 31.8 Å². The van der Waals surface area contributed by atoms with Gasteiger partial charge in [0.25, 0.3) is 0 Å². The standard InChI is InChI=1S/C20H27ClFN5O/c1-12(8-26(2)3)11-28-20-24-18-16(6-13(21)7-17(18)22)19(25-20)27-9-14-4-5-15(10-27)23-14/h6-7,12,14-15,23H,4-5,8-11H2,1-3H3/t12-,14-,15+/m0/s1. The van der Waals surface area contributed by atoms with Crippen molar-refractivity contribution in [3.63, 3.8) is 0 Å². The molecule has 8 heteroatoms. The van der Waals surface area contributed by atoms with Crippen LogP contribution >= 0.6 is 11.6 Å². The Morgan fingerprint density at radius 1 is 1.29 bits per heavy atom. The highest BCUT2D eigenvalue weighted by atomic mass is 35.5. The van der Waals surface area contributed by atoms with Crippen LogP contribution in [0.2, 0.25) is 5.02 Å². The van der Waals surface area contributed by atoms with Gasteiger partial charge in [-0.3, -0.25) is 0 Å². The van der Waals surface area contributed by atoms with Crippen molar-refractivity contribution < 1.29 is 9.13 Å². The summed E-state index contributed by atoms with van der Waals surface area (Å²) in [6.45, 7) is 5.16. The SMILES string of the molecule is C[C@H](COc1nc(N2C[C@H]3CC[C@@H](C2)N3)c2cc(Cl)cc(F)c2n1)CN(C)C. The summed E-state index contributed by atoms with van der Waals surface area (Å²) in [6.07, 6.45) is 2.31. The number of benzene rings is 1. The van der Waals surface area contributed by atoms with Crippen LogP contribution in [-0.4, -0.2) is 67.3 Å². The van der Waals surface area contributed by atoms with E-state index in [1.165, 1.54) is 6.07 Å². The number of anilines is 1. The van der Waals surface area contributed by atoms with Crippen LogP contribution in [0.1, 0.15) is 19.8 Å². The van der Waals surface area contributed by atoms with Gasteiger partial charge in [-0.1, -0.05) is 18.5 Å². The predicted molar refractivity (Wildman–Crippen MR) is 110 cm³/mol. The zero-order valence-electron chi connectivity index (χ0n) is 16.6. The van der Waals surface area contributed by atoms with Crippen LogP contribution in [0.4, 0.5) is 10.2 Å². The molecule has 4 rings (SSSR count). The number of aromatic nitrogens is 2. The molecule has 3 atom stereocenters. The summed E-state index contributed by atoms with van der Waals surface area (Å²) >= 11 is 6.13. The molecule has 1 aromatic carbocycles. The maximum Gasteiger partial charge on any atom is 0.319 e. The Balaban J connectivity index is 1.67. The van der Waals surface area contributed by atoms with Crippen molar-refractivity contribution in [2.24, 2.45) is 5.92 Å². The molecule has 0 spiro atoms. The predicted octanol–water partition coefficient (Wildman–Crippen LogP) is 2.94. The lowest BCUT2D eigenvalue weighted by Crippen LogP contribution is -2.51. The molecule has 0 unspecified atom stereocenters. The van der Waals surface area contributed by atoms with Gasteiger partial charge in [-0.05, 0) is 39.1 Å². The van der Waals surface area contributed by atoms with Crippen LogP contribution in [0, 0.1) is 11.7 Å². The third kappa shape index (κ3) is 4.16. The number of hydrogen-bond donors (Lipinski definition) is 1. The first kappa shape index (κ1) is 19.6. The molecule has 2 aliphatic heterocycles. The van der Waals surface area contributed by atoms with Gasteiger partial charge in [-0.25, -0.2) is 4.39 Å². The van der Waals surface area contributed by atoms with Crippen LogP contribution < -0.4 is 15.0 Å². The largest absolute Gasteiger partial charge is 0.463 e. The Hall–Kier alpha value is -1.70. The lowest BCUT2D eigenvalue weighted by atomic mass is 10.1. The molecule has 6 nitrogen and oxygen atoms in total. The van der Waals surface area contributed by atoms with Crippen LogP contribution in [0.15, 0.2) is 12.1 Å². The average Bonchev–Trinajstić information content (AvgIpc) is 2.97. The van der Waals surface area contributed by atoms with Crippen molar-refractivity contribution in [3.8, 4) is 6.01 Å². The third-order valence-corrected chi connectivity index (χ3v) is 5.59. The van der Waals surface area contributed by atoms with Gasteiger partial charge in [0, 0.05) is 48.0 Å². The van der Waals surface area contributed by atoms with Gasteiger partial charge >= 0.3 is 6.01 Å². The van der Waals surface area contributed by atoms with E-state index in [1.54, 1.807) is 6.07 Å². The molecule has 2 saturated heterocycles. The summed E-state index contributed by atoms with van der Waals surface area (Å²) in [5.74, 6) is 0.568. The molecule has 0 aliphatic carbocycles. The first-order valence-electron chi connectivity index (χ1n) is 9.84. The van der Waals surface area contributed by atoms with Gasteiger partial charge in [0.1, 0.15) is 11.3 Å². The molecule has 2 bridgehead atoms. The Bertz CT molecular complexity index is 852. The fourth-order valence-electron chi connectivity index (χ4n) is 4.29. The fraction of sp³-hybridized carbons (Fsp3) is 0.600. The van der Waals surface area contributed by atoms with Crippen LogP contribution in [0.3, 0.4) is 0 Å². The summed E-state index contributed by atoms with van der Waals surface area (Å²) in [7, 11) is 4.05. The molecular weight excluding hydrogens is 381 g/mol. The van der Waals surface area contributed by atoms with Gasteiger partial charge in [-0.2, -0.15) is 9.97 Å². The molecule has 1 N–H and O–H groups in total. The second-order valence-electron chi connectivity index (χ2n) is 8.33. The summed E-state index contributed by atoms with van der Waals surface area (Å²) in [5, 5.41) is 4.60. The van der Waals surface area contributed by atoms with E-state index in [2.05, 4.69) is 32.0 Å². The Morgan fingerprint density at radius 3 is 2.68 bits per heavy atom. The van der Waals surface area contributed by atoms with E-state index in [-0.39, 0.29) is 11.5 Å². The van der Waals surface area contributed by atoms with Crippen LogP contribution in [-0.2, 0) is 0 Å². The monoisotopic (exact) mass is 407 g/mol. The zero-order chi connectivity index (χ0) is 19.8. The van der Waals surface area contributed by atoms with Gasteiger partial charge in [0.15, 0.2) is 5.82 Å². The number of hydrogen-bond acceptors (Lipinski definition) is 6. The van der Waals surface area contributed by atoms with E-state index in [1.807, 2.05) is 14.1 Å². The van der Waals surface area contributed by atoms with Gasteiger partial charge in [-0.15, -0.1) is 0 Å². The van der Waals surface area contributed by atoms with Crippen molar-refractivity contribution in [1.82, 2.24) is 20.2 Å². The molecule has 0 amide bonds. The van der Waals surface area contributed by atoms with Gasteiger partial charge < -0.3 is 19.9 Å². The molecule has 28 heavy (non-hydrogen) atoms. The molecule has 3 heterocycles. The molecule has 2 fully saturated rings. The number of nitrogens with one attached hydrogen (secondary N) is 1. The van der Waals surface area contributed by atoms with Crippen LogP contribution in [0.25, 0.3) is 10.9 Å². The highest BCUT2D eigenvalue weighted by Gasteiger charge is 2.34. The minimum absolute atomic E-state index is 0.222. The number of rotatable bonds is 6. The molecule has 152 valence electrons. The number of fused-ring (bicyclic) bond motifs is 3. The van der Waals surface area contributed by atoms with Gasteiger partial charge in [0.2, 0.25) is 0 Å². The van der Waals surface area contributed by atoms with E-state index in [4.69, 9.17) is 16.3 Å². The summed E-state index contributed by atoms with van der Waals surface area (Å²) in [5.41, 5.74) is 0.260. The van der Waals surface area contributed by atoms with E-state index >= 15 is 0 Å². The number of ether oxygens (including phenoxy) is 1. The second-order valence-corrected chi connectivity index (χ2v) is 8.77. The third-order valence-electron chi connectivity index (χ3n) is 5.37. The quantitative estimate of drug-likeness (QED) is 0.794. The van der Waals surface area contributed by atoms with Crippen molar-refractivity contribution in [3.05, 3.63) is 23.0 Å². The first-order valence-corrected chi connectivity index (χ1v) is 10.2.